The Morgan fingerprint density at radius 2 is 1.67 bits per heavy atom. The minimum atomic E-state index is -0.483. The summed E-state index contributed by atoms with van der Waals surface area (Å²) in [7, 11) is 1.54. The molecular formula is C17H15N3O4. The molecule has 2 aromatic carbocycles. The predicted molar refractivity (Wildman–Crippen MR) is 90.6 cm³/mol. The summed E-state index contributed by atoms with van der Waals surface area (Å²) >= 11 is 0. The van der Waals surface area contributed by atoms with Crippen LogP contribution in [0.5, 0.6) is 0 Å². The molecule has 0 atom stereocenters. The van der Waals surface area contributed by atoms with Gasteiger partial charge >= 0.3 is 0 Å². The highest BCUT2D eigenvalue weighted by Gasteiger charge is 2.04. The van der Waals surface area contributed by atoms with E-state index >= 15 is 0 Å². The molecule has 0 heterocycles. The Labute approximate surface area is 138 Å². The maximum Gasteiger partial charge on any atom is 0.269 e. The number of amides is 2. The van der Waals surface area contributed by atoms with E-state index in [-0.39, 0.29) is 17.5 Å². The summed E-state index contributed by atoms with van der Waals surface area (Å²) in [5, 5.41) is 15.7. The summed E-state index contributed by atoms with van der Waals surface area (Å²) < 4.78 is 0. The number of nitro benzene ring substituents is 1. The van der Waals surface area contributed by atoms with Gasteiger partial charge in [-0.1, -0.05) is 0 Å². The van der Waals surface area contributed by atoms with Crippen molar-refractivity contribution in [2.45, 2.75) is 0 Å². The van der Waals surface area contributed by atoms with Crippen LogP contribution in [0.15, 0.2) is 54.6 Å². The molecular weight excluding hydrogens is 310 g/mol. The number of carbonyl (C=O) groups is 2. The number of nitrogens with one attached hydrogen (secondary N) is 2. The van der Waals surface area contributed by atoms with E-state index in [4.69, 9.17) is 0 Å². The zero-order valence-corrected chi connectivity index (χ0v) is 12.9. The molecule has 122 valence electrons. The zero-order chi connectivity index (χ0) is 17.5. The maximum absolute atomic E-state index is 11.9. The highest BCUT2D eigenvalue weighted by Crippen LogP contribution is 2.13. The Morgan fingerprint density at radius 1 is 1.04 bits per heavy atom. The number of nitrogens with zero attached hydrogens (tertiary/aromatic N) is 1. The SMILES string of the molecule is CNC(=O)c1ccc(NC(=O)/C=C/c2ccc([N+](=O)[O-])cc2)cc1. The molecule has 0 unspecified atom stereocenters. The van der Waals surface area contributed by atoms with Gasteiger partial charge in [-0.15, -0.1) is 0 Å². The third-order valence-corrected chi connectivity index (χ3v) is 3.17. The monoisotopic (exact) mass is 325 g/mol. The van der Waals surface area contributed by atoms with Crippen LogP contribution in [0.25, 0.3) is 6.08 Å². The van der Waals surface area contributed by atoms with Crippen LogP contribution in [0.2, 0.25) is 0 Å². The topological polar surface area (TPSA) is 101 Å². The summed E-state index contributed by atoms with van der Waals surface area (Å²) in [4.78, 5) is 33.4. The first kappa shape index (κ1) is 16.9. The molecule has 7 nitrogen and oxygen atoms in total. The van der Waals surface area contributed by atoms with Gasteiger partial charge in [-0.05, 0) is 48.0 Å². The van der Waals surface area contributed by atoms with Crippen molar-refractivity contribution < 1.29 is 14.5 Å². The van der Waals surface area contributed by atoms with E-state index in [0.717, 1.165) is 0 Å². The fraction of sp³-hybridized carbons (Fsp3) is 0.0588. The molecule has 0 saturated carbocycles. The maximum atomic E-state index is 11.9. The van der Waals surface area contributed by atoms with E-state index < -0.39 is 4.92 Å². The van der Waals surface area contributed by atoms with Crippen LogP contribution in [-0.2, 0) is 4.79 Å². The van der Waals surface area contributed by atoms with Gasteiger partial charge in [0.1, 0.15) is 0 Å². The molecule has 0 radical (unpaired) electrons. The van der Waals surface area contributed by atoms with Crippen molar-refractivity contribution in [2.24, 2.45) is 0 Å². The Kier molecular flexibility index (Phi) is 5.40. The van der Waals surface area contributed by atoms with Crippen molar-refractivity contribution in [2.75, 3.05) is 12.4 Å². The van der Waals surface area contributed by atoms with Gasteiger partial charge in [-0.2, -0.15) is 0 Å². The quantitative estimate of drug-likeness (QED) is 0.501. The van der Waals surface area contributed by atoms with Crippen molar-refractivity contribution in [3.63, 3.8) is 0 Å². The number of hydrogen-bond acceptors (Lipinski definition) is 4. The van der Waals surface area contributed by atoms with Gasteiger partial charge in [0.15, 0.2) is 0 Å². The molecule has 0 bridgehead atoms. The van der Waals surface area contributed by atoms with Crippen molar-refractivity contribution in [3.05, 3.63) is 75.8 Å². The lowest BCUT2D eigenvalue weighted by Crippen LogP contribution is -2.17. The first-order valence-electron chi connectivity index (χ1n) is 7.05. The number of hydrogen-bond donors (Lipinski definition) is 2. The molecule has 0 spiro atoms. The molecule has 7 heteroatoms. The fourth-order valence-corrected chi connectivity index (χ4v) is 1.91. The number of non-ortho nitro benzene ring substituents is 1. The van der Waals surface area contributed by atoms with Crippen LogP contribution in [0.1, 0.15) is 15.9 Å². The number of benzene rings is 2. The summed E-state index contributed by atoms with van der Waals surface area (Å²) in [6.45, 7) is 0. The second-order valence-corrected chi connectivity index (χ2v) is 4.83. The third kappa shape index (κ3) is 4.51. The molecule has 0 aliphatic rings. The van der Waals surface area contributed by atoms with Crippen LogP contribution in [-0.4, -0.2) is 23.8 Å². The van der Waals surface area contributed by atoms with Crippen LogP contribution in [0.3, 0.4) is 0 Å². The van der Waals surface area contributed by atoms with Crippen LogP contribution in [0, 0.1) is 10.1 Å². The number of carbonyl (C=O) groups excluding carboxylic acids is 2. The number of anilines is 1. The number of rotatable bonds is 5. The lowest BCUT2D eigenvalue weighted by molar-refractivity contribution is -0.384. The first-order valence-corrected chi connectivity index (χ1v) is 7.05. The molecule has 0 saturated heterocycles. The summed E-state index contributed by atoms with van der Waals surface area (Å²) in [6.07, 6.45) is 2.88. The Balaban J connectivity index is 1.97. The van der Waals surface area contributed by atoms with Gasteiger partial charge in [0, 0.05) is 36.5 Å². The molecule has 2 rings (SSSR count). The van der Waals surface area contributed by atoms with E-state index in [9.17, 15) is 19.7 Å². The molecule has 2 amide bonds. The van der Waals surface area contributed by atoms with Crippen molar-refractivity contribution in [1.29, 1.82) is 0 Å². The van der Waals surface area contributed by atoms with E-state index in [1.54, 1.807) is 49.5 Å². The van der Waals surface area contributed by atoms with Crippen LogP contribution < -0.4 is 10.6 Å². The smallest absolute Gasteiger partial charge is 0.269 e. The van der Waals surface area contributed by atoms with E-state index in [0.29, 0.717) is 16.8 Å². The Hall–Kier alpha value is -3.48. The van der Waals surface area contributed by atoms with Crippen LogP contribution in [0.4, 0.5) is 11.4 Å². The average Bonchev–Trinajstić information content (AvgIpc) is 2.60. The van der Waals surface area contributed by atoms with Crippen molar-refractivity contribution >= 4 is 29.3 Å². The molecule has 2 aromatic rings. The molecule has 0 fully saturated rings. The lowest BCUT2D eigenvalue weighted by Gasteiger charge is -2.04. The van der Waals surface area contributed by atoms with E-state index in [1.165, 1.54) is 18.2 Å². The van der Waals surface area contributed by atoms with Gasteiger partial charge in [-0.25, -0.2) is 0 Å². The highest BCUT2D eigenvalue weighted by atomic mass is 16.6. The summed E-state index contributed by atoms with van der Waals surface area (Å²) in [5.41, 5.74) is 1.72. The van der Waals surface area contributed by atoms with Gasteiger partial charge in [0.05, 0.1) is 4.92 Å². The Morgan fingerprint density at radius 3 is 2.21 bits per heavy atom. The Bertz CT molecular complexity index is 780. The second-order valence-electron chi connectivity index (χ2n) is 4.83. The van der Waals surface area contributed by atoms with Crippen molar-refractivity contribution in [1.82, 2.24) is 5.32 Å². The highest BCUT2D eigenvalue weighted by molar-refractivity contribution is 6.02. The predicted octanol–water partition coefficient (Wildman–Crippen LogP) is 2.61. The van der Waals surface area contributed by atoms with Gasteiger partial charge < -0.3 is 10.6 Å². The largest absolute Gasteiger partial charge is 0.355 e. The first-order chi connectivity index (χ1) is 11.5. The fourth-order valence-electron chi connectivity index (χ4n) is 1.91. The normalized spacial score (nSPS) is 10.4. The molecule has 0 aromatic heterocycles. The average molecular weight is 325 g/mol. The minimum absolute atomic E-state index is 0.00666. The lowest BCUT2D eigenvalue weighted by atomic mass is 10.2. The molecule has 0 aliphatic heterocycles. The zero-order valence-electron chi connectivity index (χ0n) is 12.9. The number of nitro groups is 1. The standard InChI is InChI=1S/C17H15N3O4/c1-18-17(22)13-5-7-14(8-6-13)19-16(21)11-4-12-2-9-15(10-3-12)20(23)24/h2-11H,1H3,(H,18,22)(H,19,21)/b11-4+. The van der Waals surface area contributed by atoms with Crippen molar-refractivity contribution in [3.8, 4) is 0 Å². The van der Waals surface area contributed by atoms with Gasteiger partial charge in [-0.3, -0.25) is 19.7 Å². The van der Waals surface area contributed by atoms with Gasteiger partial charge in [0.2, 0.25) is 5.91 Å². The van der Waals surface area contributed by atoms with Gasteiger partial charge in [0.25, 0.3) is 11.6 Å². The molecule has 24 heavy (non-hydrogen) atoms. The van der Waals surface area contributed by atoms with Crippen LogP contribution >= 0.6 is 0 Å². The summed E-state index contributed by atoms with van der Waals surface area (Å²) in [5.74, 6) is -0.549. The molecule has 2 N–H and O–H groups in total. The minimum Gasteiger partial charge on any atom is -0.355 e. The van der Waals surface area contributed by atoms with E-state index in [2.05, 4.69) is 10.6 Å². The second kappa shape index (κ2) is 7.68. The summed E-state index contributed by atoms with van der Waals surface area (Å²) in [6, 6.07) is 12.3. The molecule has 0 aliphatic carbocycles. The third-order valence-electron chi connectivity index (χ3n) is 3.17. The van der Waals surface area contributed by atoms with E-state index in [1.807, 2.05) is 0 Å².